The quantitative estimate of drug-likeness (QED) is 0.754. The summed E-state index contributed by atoms with van der Waals surface area (Å²) in [5.74, 6) is 0.740. The Morgan fingerprint density at radius 2 is 1.71 bits per heavy atom. The molecule has 2 aromatic carbocycles. The maximum absolute atomic E-state index is 8.45. The number of ether oxygens (including phenoxy) is 1. The topological polar surface area (TPSA) is 45.0 Å². The molecule has 0 aromatic heterocycles. The molecule has 0 heterocycles. The molecular formula is C18H20N2O. The van der Waals surface area contributed by atoms with Crippen molar-refractivity contribution in [3.05, 3.63) is 65.7 Å². The summed E-state index contributed by atoms with van der Waals surface area (Å²) in [6.45, 7) is 1.95. The first-order chi connectivity index (χ1) is 10.4. The molecule has 0 aliphatic rings. The van der Waals surface area contributed by atoms with Crippen LogP contribution in [0.15, 0.2) is 54.6 Å². The Kier molecular flexibility index (Phi) is 6.31. The van der Waals surface area contributed by atoms with Crippen molar-refractivity contribution in [1.82, 2.24) is 5.32 Å². The Morgan fingerprint density at radius 1 is 0.952 bits per heavy atom. The van der Waals surface area contributed by atoms with Crippen molar-refractivity contribution in [3.63, 3.8) is 0 Å². The van der Waals surface area contributed by atoms with Gasteiger partial charge in [0.2, 0.25) is 0 Å². The molecule has 0 spiro atoms. The Labute approximate surface area is 126 Å². The van der Waals surface area contributed by atoms with Crippen LogP contribution < -0.4 is 10.1 Å². The number of hydrogen-bond donors (Lipinski definition) is 1. The molecule has 1 N–H and O–H groups in total. The molecule has 0 unspecified atom stereocenters. The smallest absolute Gasteiger partial charge is 0.174 e. The van der Waals surface area contributed by atoms with E-state index in [0.717, 1.165) is 31.7 Å². The summed E-state index contributed by atoms with van der Waals surface area (Å²) >= 11 is 0. The molecule has 0 aliphatic carbocycles. The Balaban J connectivity index is 1.63. The number of benzene rings is 2. The maximum atomic E-state index is 8.45. The van der Waals surface area contributed by atoms with Crippen LogP contribution in [0.4, 0.5) is 0 Å². The molecule has 0 saturated heterocycles. The minimum absolute atomic E-state index is 0.0943. The number of nitrogens with one attached hydrogen (secondary N) is 1. The summed E-state index contributed by atoms with van der Waals surface area (Å²) in [4.78, 5) is 0. The molecule has 21 heavy (non-hydrogen) atoms. The number of rotatable bonds is 8. The van der Waals surface area contributed by atoms with E-state index in [9.17, 15) is 0 Å². The van der Waals surface area contributed by atoms with Gasteiger partial charge in [-0.05, 0) is 42.6 Å². The molecule has 0 amide bonds. The number of aryl methyl sites for hydroxylation is 1. The minimum atomic E-state index is 0.0943. The lowest BCUT2D eigenvalue weighted by molar-refractivity contribution is 0.368. The lowest BCUT2D eigenvalue weighted by Gasteiger charge is -2.06. The fraction of sp³-hybridized carbons (Fsp3) is 0.278. The monoisotopic (exact) mass is 280 g/mol. The SMILES string of the molecule is N#CCOc1ccc(CNCCCc2ccccc2)cc1. The molecule has 0 bridgehead atoms. The van der Waals surface area contributed by atoms with Gasteiger partial charge in [0, 0.05) is 6.54 Å². The Hall–Kier alpha value is -2.31. The van der Waals surface area contributed by atoms with Crippen molar-refractivity contribution in [2.75, 3.05) is 13.2 Å². The van der Waals surface area contributed by atoms with E-state index in [1.807, 2.05) is 36.4 Å². The van der Waals surface area contributed by atoms with Crippen molar-refractivity contribution in [1.29, 1.82) is 5.26 Å². The normalized spacial score (nSPS) is 10.0. The first-order valence-corrected chi connectivity index (χ1v) is 7.22. The van der Waals surface area contributed by atoms with E-state index in [2.05, 4.69) is 29.6 Å². The van der Waals surface area contributed by atoms with Crippen LogP contribution in [0.25, 0.3) is 0 Å². The van der Waals surface area contributed by atoms with Gasteiger partial charge in [-0.15, -0.1) is 0 Å². The third-order valence-electron chi connectivity index (χ3n) is 3.22. The van der Waals surface area contributed by atoms with E-state index in [0.29, 0.717) is 0 Å². The summed E-state index contributed by atoms with van der Waals surface area (Å²) in [5.41, 5.74) is 2.61. The van der Waals surface area contributed by atoms with Crippen LogP contribution in [-0.2, 0) is 13.0 Å². The second-order valence-corrected chi connectivity index (χ2v) is 4.86. The highest BCUT2D eigenvalue weighted by Crippen LogP contribution is 2.11. The standard InChI is InChI=1S/C18H20N2O/c19-12-14-21-18-10-8-17(9-11-18)15-20-13-4-7-16-5-2-1-3-6-16/h1-3,5-6,8-11,20H,4,7,13-15H2. The van der Waals surface area contributed by atoms with Gasteiger partial charge < -0.3 is 10.1 Å². The van der Waals surface area contributed by atoms with Gasteiger partial charge in [0.05, 0.1) is 0 Å². The molecule has 3 nitrogen and oxygen atoms in total. The van der Waals surface area contributed by atoms with Gasteiger partial charge >= 0.3 is 0 Å². The molecule has 108 valence electrons. The van der Waals surface area contributed by atoms with E-state index < -0.39 is 0 Å². The van der Waals surface area contributed by atoms with Crippen molar-refractivity contribution >= 4 is 0 Å². The highest BCUT2D eigenvalue weighted by molar-refractivity contribution is 5.27. The van der Waals surface area contributed by atoms with E-state index in [1.165, 1.54) is 11.1 Å². The second-order valence-electron chi connectivity index (χ2n) is 4.86. The zero-order valence-electron chi connectivity index (χ0n) is 12.1. The molecule has 3 heteroatoms. The highest BCUT2D eigenvalue weighted by atomic mass is 16.5. The van der Waals surface area contributed by atoms with Crippen molar-refractivity contribution in [3.8, 4) is 11.8 Å². The van der Waals surface area contributed by atoms with Gasteiger partial charge in [-0.2, -0.15) is 5.26 Å². The molecular weight excluding hydrogens is 260 g/mol. The largest absolute Gasteiger partial charge is 0.479 e. The molecule has 2 rings (SSSR count). The molecule has 2 aromatic rings. The first kappa shape index (κ1) is 15.1. The maximum Gasteiger partial charge on any atom is 0.174 e. The van der Waals surface area contributed by atoms with Crippen LogP contribution in [0.2, 0.25) is 0 Å². The van der Waals surface area contributed by atoms with Crippen LogP contribution in [0.5, 0.6) is 5.75 Å². The summed E-state index contributed by atoms with van der Waals surface area (Å²) in [5, 5.41) is 11.9. The lowest BCUT2D eigenvalue weighted by Crippen LogP contribution is -2.15. The predicted octanol–water partition coefficient (Wildman–Crippen LogP) is 3.31. The third kappa shape index (κ3) is 5.68. The Morgan fingerprint density at radius 3 is 2.43 bits per heavy atom. The van der Waals surface area contributed by atoms with Gasteiger partial charge in [-0.1, -0.05) is 42.5 Å². The summed E-state index contributed by atoms with van der Waals surface area (Å²) < 4.78 is 5.22. The zero-order chi connectivity index (χ0) is 14.8. The van der Waals surface area contributed by atoms with Crippen LogP contribution in [0.1, 0.15) is 17.5 Å². The summed E-state index contributed by atoms with van der Waals surface area (Å²) in [6, 6.07) is 20.4. The van der Waals surface area contributed by atoms with Gasteiger partial charge in [-0.3, -0.25) is 0 Å². The van der Waals surface area contributed by atoms with Gasteiger partial charge in [0.15, 0.2) is 6.61 Å². The highest BCUT2D eigenvalue weighted by Gasteiger charge is 1.96. The molecule has 0 radical (unpaired) electrons. The van der Waals surface area contributed by atoms with Gasteiger partial charge in [0.25, 0.3) is 0 Å². The van der Waals surface area contributed by atoms with E-state index >= 15 is 0 Å². The third-order valence-corrected chi connectivity index (χ3v) is 3.22. The predicted molar refractivity (Wildman–Crippen MR) is 84.0 cm³/mol. The first-order valence-electron chi connectivity index (χ1n) is 7.22. The molecule has 0 aliphatic heterocycles. The van der Waals surface area contributed by atoms with Gasteiger partial charge in [-0.25, -0.2) is 0 Å². The van der Waals surface area contributed by atoms with Crippen LogP contribution in [-0.4, -0.2) is 13.2 Å². The average molecular weight is 280 g/mol. The van der Waals surface area contributed by atoms with Crippen molar-refractivity contribution in [2.24, 2.45) is 0 Å². The molecule has 0 saturated carbocycles. The fourth-order valence-corrected chi connectivity index (χ4v) is 2.11. The van der Waals surface area contributed by atoms with Crippen molar-refractivity contribution < 1.29 is 4.74 Å². The number of nitrogens with zero attached hydrogens (tertiary/aromatic N) is 1. The molecule has 0 atom stereocenters. The summed E-state index contributed by atoms with van der Waals surface area (Å²) in [7, 11) is 0. The van der Waals surface area contributed by atoms with Crippen LogP contribution in [0.3, 0.4) is 0 Å². The Bertz CT molecular complexity index is 558. The molecule has 0 fully saturated rings. The lowest BCUT2D eigenvalue weighted by atomic mass is 10.1. The van der Waals surface area contributed by atoms with E-state index in [4.69, 9.17) is 10.00 Å². The second kappa shape index (κ2) is 8.78. The average Bonchev–Trinajstić information content (AvgIpc) is 2.55. The van der Waals surface area contributed by atoms with E-state index in [-0.39, 0.29) is 6.61 Å². The fourth-order valence-electron chi connectivity index (χ4n) is 2.11. The number of hydrogen-bond acceptors (Lipinski definition) is 3. The number of nitriles is 1. The van der Waals surface area contributed by atoms with E-state index in [1.54, 1.807) is 0 Å². The minimum Gasteiger partial charge on any atom is -0.479 e. The van der Waals surface area contributed by atoms with Crippen LogP contribution >= 0.6 is 0 Å². The summed E-state index contributed by atoms with van der Waals surface area (Å²) in [6.07, 6.45) is 2.24. The van der Waals surface area contributed by atoms with Crippen molar-refractivity contribution in [2.45, 2.75) is 19.4 Å². The zero-order valence-corrected chi connectivity index (χ0v) is 12.1. The van der Waals surface area contributed by atoms with Gasteiger partial charge in [0.1, 0.15) is 11.8 Å². The van der Waals surface area contributed by atoms with Crippen LogP contribution in [0, 0.1) is 11.3 Å².